The summed E-state index contributed by atoms with van der Waals surface area (Å²) in [6, 6.07) is 6.97. The van der Waals surface area contributed by atoms with E-state index < -0.39 is 12.1 Å². The van der Waals surface area contributed by atoms with Crippen molar-refractivity contribution in [2.24, 2.45) is 11.8 Å². The van der Waals surface area contributed by atoms with Crippen LogP contribution in [0.15, 0.2) is 24.3 Å². The minimum Gasteiger partial charge on any atom is -0.429 e. The molecule has 25 heavy (non-hydrogen) atoms. The summed E-state index contributed by atoms with van der Waals surface area (Å²) < 4.78 is 5.23. The zero-order valence-corrected chi connectivity index (χ0v) is 15.0. The Hall–Kier alpha value is -2.08. The highest BCUT2D eigenvalue weighted by Gasteiger charge is 2.29. The van der Waals surface area contributed by atoms with Crippen LogP contribution < -0.4 is 0 Å². The Morgan fingerprint density at radius 3 is 2.48 bits per heavy atom. The maximum absolute atomic E-state index is 11.8. The first-order chi connectivity index (χ1) is 12.0. The molecule has 6 heteroatoms. The first kappa shape index (κ1) is 19.2. The molecule has 0 spiro atoms. The Kier molecular flexibility index (Phi) is 7.25. The molecular formula is C19H26O6. The number of ether oxygens (including phenoxy) is 1. The molecule has 0 aromatic heterocycles. The molecule has 1 aromatic rings. The van der Waals surface area contributed by atoms with Crippen LogP contribution in [0.4, 0.5) is 4.79 Å². The monoisotopic (exact) mass is 350 g/mol. The van der Waals surface area contributed by atoms with Crippen LogP contribution >= 0.6 is 0 Å². The molecule has 0 heterocycles. The average molecular weight is 350 g/mol. The molecule has 0 N–H and O–H groups in total. The fourth-order valence-electron chi connectivity index (χ4n) is 3.01. The third kappa shape index (κ3) is 6.05. The lowest BCUT2D eigenvalue weighted by Crippen LogP contribution is -2.31. The third-order valence-electron chi connectivity index (χ3n) is 4.57. The molecule has 1 aliphatic carbocycles. The summed E-state index contributed by atoms with van der Waals surface area (Å²) in [6.07, 6.45) is 3.68. The van der Waals surface area contributed by atoms with E-state index in [1.807, 2.05) is 19.1 Å². The van der Waals surface area contributed by atoms with Gasteiger partial charge in [0.2, 0.25) is 0 Å². The van der Waals surface area contributed by atoms with E-state index in [0.29, 0.717) is 11.5 Å². The van der Waals surface area contributed by atoms with Gasteiger partial charge < -0.3 is 4.74 Å². The first-order valence-corrected chi connectivity index (χ1v) is 8.84. The fraction of sp³-hybridized carbons (Fsp3) is 0.579. The van der Waals surface area contributed by atoms with Gasteiger partial charge in [0, 0.05) is 0 Å². The maximum atomic E-state index is 11.8. The number of carbonyl (C=O) groups is 2. The molecule has 0 amide bonds. The minimum atomic E-state index is -1.00. The van der Waals surface area contributed by atoms with Crippen LogP contribution in [0, 0.1) is 11.8 Å². The third-order valence-corrected chi connectivity index (χ3v) is 4.57. The van der Waals surface area contributed by atoms with Gasteiger partial charge >= 0.3 is 12.1 Å². The largest absolute Gasteiger partial charge is 0.543 e. The molecule has 1 fully saturated rings. The summed E-state index contributed by atoms with van der Waals surface area (Å²) in [4.78, 5) is 32.3. The van der Waals surface area contributed by atoms with Gasteiger partial charge in [-0.1, -0.05) is 45.7 Å². The van der Waals surface area contributed by atoms with E-state index in [0.717, 1.165) is 37.7 Å². The standard InChI is InChI=1S/C19H26O6/c1-4-5-15-8-10-16(11-9-15)18(20)23-25-24-19(21)22-17-12-13(2)6-7-14(17)3/h8-11,13-14,17H,4-7,12H2,1-3H3. The number of hydrogen-bond acceptors (Lipinski definition) is 6. The van der Waals surface area contributed by atoms with E-state index in [1.165, 1.54) is 0 Å². The number of benzene rings is 1. The summed E-state index contributed by atoms with van der Waals surface area (Å²) in [5.74, 6) is 0.0341. The zero-order valence-electron chi connectivity index (χ0n) is 15.0. The molecule has 1 saturated carbocycles. The second-order valence-electron chi connectivity index (χ2n) is 6.77. The molecule has 2 rings (SSSR count). The Bertz CT molecular complexity index is 568. The lowest BCUT2D eigenvalue weighted by atomic mass is 9.82. The van der Waals surface area contributed by atoms with Crippen LogP contribution in [0.1, 0.15) is 62.4 Å². The lowest BCUT2D eigenvalue weighted by Gasteiger charge is -2.31. The van der Waals surface area contributed by atoms with Gasteiger partial charge in [0.05, 0.1) is 10.6 Å². The van der Waals surface area contributed by atoms with Crippen molar-refractivity contribution in [3.63, 3.8) is 0 Å². The van der Waals surface area contributed by atoms with Gasteiger partial charge in [0.25, 0.3) is 0 Å². The normalized spacial score (nSPS) is 22.9. The topological polar surface area (TPSA) is 71.1 Å². The molecule has 1 aromatic carbocycles. The summed E-state index contributed by atoms with van der Waals surface area (Å²) in [5, 5.41) is 4.27. The number of carbonyl (C=O) groups excluding carboxylic acids is 2. The summed E-state index contributed by atoms with van der Waals surface area (Å²) in [5.41, 5.74) is 1.45. The van der Waals surface area contributed by atoms with Gasteiger partial charge in [0.1, 0.15) is 6.10 Å². The predicted octanol–water partition coefficient (Wildman–Crippen LogP) is 4.62. The van der Waals surface area contributed by atoms with Gasteiger partial charge in [-0.25, -0.2) is 14.5 Å². The van der Waals surface area contributed by atoms with Gasteiger partial charge in [-0.05, 0) is 48.8 Å². The van der Waals surface area contributed by atoms with Crippen molar-refractivity contribution in [3.05, 3.63) is 35.4 Å². The van der Waals surface area contributed by atoms with Crippen molar-refractivity contribution in [3.8, 4) is 0 Å². The summed E-state index contributed by atoms with van der Waals surface area (Å²) in [7, 11) is 0. The molecule has 3 atom stereocenters. The van der Waals surface area contributed by atoms with Crippen molar-refractivity contribution in [2.75, 3.05) is 0 Å². The van der Waals surface area contributed by atoms with Gasteiger partial charge in [-0.3, -0.25) is 4.89 Å². The van der Waals surface area contributed by atoms with E-state index >= 15 is 0 Å². The molecule has 0 bridgehead atoms. The van der Waals surface area contributed by atoms with Crippen molar-refractivity contribution < 1.29 is 29.1 Å². The SMILES string of the molecule is CCCc1ccc(C(=O)OOOC(=O)OC2CC(C)CCC2C)cc1. The number of rotatable bonds is 6. The van der Waals surface area contributed by atoms with Crippen LogP contribution in [0.2, 0.25) is 0 Å². The van der Waals surface area contributed by atoms with Gasteiger partial charge in [-0.2, -0.15) is 0 Å². The highest BCUT2D eigenvalue weighted by atomic mass is 17.5. The average Bonchev–Trinajstić information content (AvgIpc) is 2.59. The van der Waals surface area contributed by atoms with Crippen LogP contribution in [0.25, 0.3) is 0 Å². The molecular weight excluding hydrogens is 324 g/mol. The lowest BCUT2D eigenvalue weighted by molar-refractivity contribution is -0.453. The van der Waals surface area contributed by atoms with E-state index in [9.17, 15) is 9.59 Å². The van der Waals surface area contributed by atoms with E-state index in [1.54, 1.807) is 12.1 Å². The molecule has 0 radical (unpaired) electrons. The Morgan fingerprint density at radius 2 is 1.80 bits per heavy atom. The highest BCUT2D eigenvalue weighted by molar-refractivity contribution is 5.88. The van der Waals surface area contributed by atoms with E-state index in [4.69, 9.17) is 4.74 Å². The maximum Gasteiger partial charge on any atom is 0.543 e. The van der Waals surface area contributed by atoms with Gasteiger partial charge in [0.15, 0.2) is 0 Å². The highest BCUT2D eigenvalue weighted by Crippen LogP contribution is 2.30. The van der Waals surface area contributed by atoms with Crippen LogP contribution in [-0.2, 0) is 26.0 Å². The quantitative estimate of drug-likeness (QED) is 0.423. The van der Waals surface area contributed by atoms with Gasteiger partial charge in [-0.15, -0.1) is 0 Å². The Balaban J connectivity index is 1.72. The Morgan fingerprint density at radius 1 is 1.08 bits per heavy atom. The fourth-order valence-corrected chi connectivity index (χ4v) is 3.01. The zero-order chi connectivity index (χ0) is 18.2. The van der Waals surface area contributed by atoms with Crippen molar-refractivity contribution in [2.45, 2.75) is 59.0 Å². The van der Waals surface area contributed by atoms with Crippen LogP contribution in [0.3, 0.4) is 0 Å². The van der Waals surface area contributed by atoms with Crippen LogP contribution in [0.5, 0.6) is 0 Å². The molecule has 1 aliphatic rings. The smallest absolute Gasteiger partial charge is 0.429 e. The number of aryl methyl sites for hydroxylation is 1. The van der Waals surface area contributed by atoms with Crippen molar-refractivity contribution in [1.82, 2.24) is 0 Å². The predicted molar refractivity (Wildman–Crippen MR) is 90.5 cm³/mol. The molecule has 6 nitrogen and oxygen atoms in total. The molecule has 3 unspecified atom stereocenters. The molecule has 0 aliphatic heterocycles. The minimum absolute atomic E-state index is 0.207. The summed E-state index contributed by atoms with van der Waals surface area (Å²) in [6.45, 7) is 6.24. The molecule has 138 valence electrons. The molecule has 0 saturated heterocycles. The van der Waals surface area contributed by atoms with Crippen molar-refractivity contribution >= 4 is 12.1 Å². The second kappa shape index (κ2) is 9.42. The number of hydrogen-bond donors (Lipinski definition) is 0. The van der Waals surface area contributed by atoms with Crippen LogP contribution in [-0.4, -0.2) is 18.2 Å². The van der Waals surface area contributed by atoms with E-state index in [-0.39, 0.29) is 12.0 Å². The summed E-state index contributed by atoms with van der Waals surface area (Å²) >= 11 is 0. The van der Waals surface area contributed by atoms with E-state index in [2.05, 4.69) is 28.7 Å². The second-order valence-corrected chi connectivity index (χ2v) is 6.77. The van der Waals surface area contributed by atoms with Crippen molar-refractivity contribution in [1.29, 1.82) is 0 Å². The first-order valence-electron chi connectivity index (χ1n) is 8.84. The Labute approximate surface area is 148 Å².